The molecule has 3 N–H and O–H groups in total. The summed E-state index contributed by atoms with van der Waals surface area (Å²) in [5.41, 5.74) is 11.9. The average Bonchev–Trinajstić information content (AvgIpc) is 3.20. The number of amides is 1. The van der Waals surface area contributed by atoms with Crippen molar-refractivity contribution in [3.63, 3.8) is 0 Å². The second-order valence-corrected chi connectivity index (χ2v) is 7.71. The van der Waals surface area contributed by atoms with E-state index in [4.69, 9.17) is 10.7 Å². The van der Waals surface area contributed by atoms with E-state index < -0.39 is 0 Å². The summed E-state index contributed by atoms with van der Waals surface area (Å²) in [5.74, 6) is -0.159. The zero-order valence-corrected chi connectivity index (χ0v) is 16.7. The largest absolute Gasteiger partial charge is 0.399 e. The van der Waals surface area contributed by atoms with Crippen LogP contribution in [0.5, 0.6) is 0 Å². The van der Waals surface area contributed by atoms with Crippen molar-refractivity contribution in [3.05, 3.63) is 94.1 Å². The second-order valence-electron chi connectivity index (χ2n) is 6.76. The van der Waals surface area contributed by atoms with Gasteiger partial charge in [0, 0.05) is 46.7 Å². The third-order valence-corrected chi connectivity index (χ3v) is 5.48. The molecule has 4 aromatic rings. The topological polar surface area (TPSA) is 80.9 Å². The van der Waals surface area contributed by atoms with Gasteiger partial charge in [-0.05, 0) is 66.6 Å². The van der Waals surface area contributed by atoms with E-state index in [-0.39, 0.29) is 5.91 Å². The highest BCUT2D eigenvalue weighted by Crippen LogP contribution is 2.25. The molecule has 0 bridgehead atoms. The number of hydrogen-bond donors (Lipinski definition) is 2. The first kappa shape index (κ1) is 18.8. The van der Waals surface area contributed by atoms with E-state index in [1.807, 2.05) is 36.5 Å². The molecule has 4 rings (SSSR count). The van der Waals surface area contributed by atoms with E-state index in [0.717, 1.165) is 33.1 Å². The summed E-state index contributed by atoms with van der Waals surface area (Å²) in [7, 11) is 0. The summed E-state index contributed by atoms with van der Waals surface area (Å²) in [4.78, 5) is 21.4. The number of pyridine rings is 1. The van der Waals surface area contributed by atoms with Gasteiger partial charge < -0.3 is 11.1 Å². The number of nitrogens with two attached hydrogens (primary N) is 1. The van der Waals surface area contributed by atoms with Crippen molar-refractivity contribution in [3.8, 4) is 11.3 Å². The molecule has 2 aromatic carbocycles. The predicted molar refractivity (Wildman–Crippen MR) is 118 cm³/mol. The van der Waals surface area contributed by atoms with Gasteiger partial charge in [0.1, 0.15) is 0 Å². The average molecular weight is 401 g/mol. The molecule has 0 fully saturated rings. The van der Waals surface area contributed by atoms with Gasteiger partial charge in [-0.25, -0.2) is 4.98 Å². The highest BCUT2D eigenvalue weighted by Gasteiger charge is 2.10. The van der Waals surface area contributed by atoms with Crippen LogP contribution < -0.4 is 11.1 Å². The molecule has 2 aromatic heterocycles. The number of nitrogen functional groups attached to an aromatic ring is 1. The van der Waals surface area contributed by atoms with E-state index in [9.17, 15) is 4.79 Å². The molecule has 0 unspecified atom stereocenters. The van der Waals surface area contributed by atoms with Gasteiger partial charge in [0.05, 0.1) is 10.7 Å². The first-order valence-corrected chi connectivity index (χ1v) is 10.1. The fraction of sp³-hybridized carbons (Fsp3) is 0.0870. The lowest BCUT2D eigenvalue weighted by molar-refractivity contribution is 0.102. The summed E-state index contributed by atoms with van der Waals surface area (Å²) in [6, 6.07) is 16.7. The molecular formula is C23H20N4OS. The molecule has 0 aliphatic carbocycles. The number of carbonyl (C=O) groups excluding carboxylic acids is 1. The number of benzene rings is 2. The molecule has 2 heterocycles. The summed E-state index contributed by atoms with van der Waals surface area (Å²) >= 11 is 1.63. The molecule has 0 saturated carbocycles. The smallest absolute Gasteiger partial charge is 0.255 e. The molecular weight excluding hydrogens is 380 g/mol. The van der Waals surface area contributed by atoms with E-state index in [1.54, 1.807) is 41.8 Å². The quantitative estimate of drug-likeness (QED) is 0.465. The van der Waals surface area contributed by atoms with Crippen LogP contribution in [0.1, 0.15) is 26.5 Å². The van der Waals surface area contributed by atoms with Crippen molar-refractivity contribution in [1.82, 2.24) is 9.97 Å². The van der Waals surface area contributed by atoms with Gasteiger partial charge in [-0.1, -0.05) is 6.07 Å². The molecule has 144 valence electrons. The Morgan fingerprint density at radius 2 is 1.97 bits per heavy atom. The Morgan fingerprint density at radius 1 is 1.14 bits per heavy atom. The van der Waals surface area contributed by atoms with E-state index in [0.29, 0.717) is 17.7 Å². The zero-order valence-electron chi connectivity index (χ0n) is 15.9. The van der Waals surface area contributed by atoms with Crippen molar-refractivity contribution in [2.24, 2.45) is 0 Å². The molecule has 5 nitrogen and oxygen atoms in total. The van der Waals surface area contributed by atoms with Gasteiger partial charge in [-0.15, -0.1) is 11.3 Å². The monoisotopic (exact) mass is 400 g/mol. The minimum Gasteiger partial charge on any atom is -0.399 e. The number of nitrogens with zero attached hydrogens (tertiary/aromatic N) is 2. The van der Waals surface area contributed by atoms with Gasteiger partial charge >= 0.3 is 0 Å². The summed E-state index contributed by atoms with van der Waals surface area (Å²) in [5, 5.41) is 6.03. The number of anilines is 2. The van der Waals surface area contributed by atoms with Crippen molar-refractivity contribution < 1.29 is 4.79 Å². The van der Waals surface area contributed by atoms with Crippen LogP contribution in [0.4, 0.5) is 11.4 Å². The van der Waals surface area contributed by atoms with E-state index in [2.05, 4.69) is 22.6 Å². The third-order valence-electron chi connectivity index (χ3n) is 4.63. The van der Waals surface area contributed by atoms with Crippen molar-refractivity contribution in [1.29, 1.82) is 0 Å². The summed E-state index contributed by atoms with van der Waals surface area (Å²) in [6.45, 7) is 2.07. The number of aryl methyl sites for hydroxylation is 1. The number of hydrogen-bond acceptors (Lipinski definition) is 5. The van der Waals surface area contributed by atoms with Gasteiger partial charge in [0.25, 0.3) is 5.91 Å². The van der Waals surface area contributed by atoms with Gasteiger partial charge in [0.2, 0.25) is 0 Å². The maximum absolute atomic E-state index is 12.5. The van der Waals surface area contributed by atoms with E-state index in [1.165, 1.54) is 0 Å². The minimum absolute atomic E-state index is 0.159. The van der Waals surface area contributed by atoms with Gasteiger partial charge in [-0.3, -0.25) is 9.78 Å². The van der Waals surface area contributed by atoms with Crippen LogP contribution in [0.3, 0.4) is 0 Å². The second kappa shape index (κ2) is 8.24. The lowest BCUT2D eigenvalue weighted by Crippen LogP contribution is -2.12. The molecule has 6 heteroatoms. The first-order valence-electron chi connectivity index (χ1n) is 9.20. The molecule has 0 aliphatic rings. The van der Waals surface area contributed by atoms with Gasteiger partial charge in [0.15, 0.2) is 0 Å². The zero-order chi connectivity index (χ0) is 20.2. The highest BCUT2D eigenvalue weighted by atomic mass is 32.1. The number of rotatable bonds is 5. The maximum Gasteiger partial charge on any atom is 0.255 e. The fourth-order valence-corrected chi connectivity index (χ4v) is 3.81. The molecule has 0 aliphatic heterocycles. The number of thiazole rings is 1. The molecule has 29 heavy (non-hydrogen) atoms. The van der Waals surface area contributed by atoms with E-state index >= 15 is 0 Å². The van der Waals surface area contributed by atoms with Crippen molar-refractivity contribution >= 4 is 28.6 Å². The summed E-state index contributed by atoms with van der Waals surface area (Å²) in [6.07, 6.45) is 4.28. The predicted octanol–water partition coefficient (Wildman–Crippen LogP) is 4.94. The SMILES string of the molecule is Cc1ccc(NC(=O)c2ccc(N)cc2)cc1Cc1nc(-c2cccnc2)cs1. The van der Waals surface area contributed by atoms with Crippen LogP contribution in [0.15, 0.2) is 72.4 Å². The Hall–Kier alpha value is -3.51. The minimum atomic E-state index is -0.159. The molecule has 0 saturated heterocycles. The standard InChI is InChI=1S/C23H20N4OS/c1-15-4-9-20(26-23(28)16-5-7-19(24)8-6-16)11-18(15)12-22-27-21(14-29-22)17-3-2-10-25-13-17/h2-11,13-14H,12,24H2,1H3,(H,26,28). The molecule has 0 radical (unpaired) electrons. The number of aromatic nitrogens is 2. The molecule has 1 amide bonds. The summed E-state index contributed by atoms with van der Waals surface area (Å²) < 4.78 is 0. The lowest BCUT2D eigenvalue weighted by atomic mass is 10.0. The molecule has 0 spiro atoms. The van der Waals surface area contributed by atoms with Crippen molar-refractivity contribution in [2.45, 2.75) is 13.3 Å². The van der Waals surface area contributed by atoms with Crippen LogP contribution in [0.2, 0.25) is 0 Å². The van der Waals surface area contributed by atoms with Crippen LogP contribution in [0, 0.1) is 6.92 Å². The Kier molecular flexibility index (Phi) is 5.35. The Balaban J connectivity index is 1.51. The number of carbonyl (C=O) groups is 1. The third kappa shape index (κ3) is 4.50. The highest BCUT2D eigenvalue weighted by molar-refractivity contribution is 7.10. The van der Waals surface area contributed by atoms with Crippen LogP contribution >= 0.6 is 11.3 Å². The maximum atomic E-state index is 12.5. The van der Waals surface area contributed by atoms with Crippen LogP contribution in [-0.4, -0.2) is 15.9 Å². The fourth-order valence-electron chi connectivity index (χ4n) is 2.98. The lowest BCUT2D eigenvalue weighted by Gasteiger charge is -2.10. The normalized spacial score (nSPS) is 10.7. The van der Waals surface area contributed by atoms with Gasteiger partial charge in [-0.2, -0.15) is 0 Å². The first-order chi connectivity index (χ1) is 14.1. The van der Waals surface area contributed by atoms with Crippen molar-refractivity contribution in [2.75, 3.05) is 11.1 Å². The van der Waals surface area contributed by atoms with Crippen LogP contribution in [0.25, 0.3) is 11.3 Å². The Bertz CT molecular complexity index is 1140. The Morgan fingerprint density at radius 3 is 2.72 bits per heavy atom. The molecule has 0 atom stereocenters. The Labute approximate surface area is 173 Å². The van der Waals surface area contributed by atoms with Crippen LogP contribution in [-0.2, 0) is 6.42 Å². The number of nitrogens with one attached hydrogen (secondary N) is 1.